The SMILES string of the molecule is CC(C)C1CC[C@@H](C)CCC1=O. The van der Waals surface area contributed by atoms with Crippen LogP contribution >= 0.6 is 0 Å². The molecule has 0 saturated heterocycles. The summed E-state index contributed by atoms with van der Waals surface area (Å²) in [6.45, 7) is 6.59. The number of hydrogen-bond acceptors (Lipinski definition) is 1. The molecule has 2 atom stereocenters. The zero-order valence-electron chi connectivity index (χ0n) is 8.47. The van der Waals surface area contributed by atoms with Crippen LogP contribution in [0.25, 0.3) is 0 Å². The van der Waals surface area contributed by atoms with Crippen LogP contribution in [-0.4, -0.2) is 5.78 Å². The lowest BCUT2D eigenvalue weighted by Crippen LogP contribution is -2.18. The lowest BCUT2D eigenvalue weighted by Gasteiger charge is -2.16. The highest BCUT2D eigenvalue weighted by Gasteiger charge is 2.25. The van der Waals surface area contributed by atoms with Gasteiger partial charge in [0.2, 0.25) is 0 Å². The lowest BCUT2D eigenvalue weighted by atomic mass is 9.88. The molecule has 70 valence electrons. The van der Waals surface area contributed by atoms with Gasteiger partial charge in [-0.2, -0.15) is 0 Å². The molecule has 1 saturated carbocycles. The lowest BCUT2D eigenvalue weighted by molar-refractivity contribution is -0.124. The molecule has 0 bridgehead atoms. The minimum Gasteiger partial charge on any atom is -0.299 e. The number of ketones is 1. The van der Waals surface area contributed by atoms with E-state index in [1.165, 1.54) is 6.42 Å². The molecular formula is C11H20O. The zero-order chi connectivity index (χ0) is 9.14. The standard InChI is InChI=1S/C11H20O/c1-8(2)10-6-4-9(3)5-7-11(10)12/h8-10H,4-7H2,1-3H3/t9-,10?/m1/s1. The van der Waals surface area contributed by atoms with Crippen molar-refractivity contribution in [1.29, 1.82) is 0 Å². The number of rotatable bonds is 1. The molecule has 0 radical (unpaired) electrons. The monoisotopic (exact) mass is 168 g/mol. The Bertz CT molecular complexity index is 160. The second-order valence-electron chi connectivity index (χ2n) is 4.54. The number of Topliss-reactive ketones (excluding diaryl/α,β-unsaturated/α-hetero) is 1. The maximum atomic E-state index is 11.6. The van der Waals surface area contributed by atoms with E-state index in [0.29, 0.717) is 17.6 Å². The van der Waals surface area contributed by atoms with Gasteiger partial charge >= 0.3 is 0 Å². The van der Waals surface area contributed by atoms with E-state index in [9.17, 15) is 4.79 Å². The van der Waals surface area contributed by atoms with Crippen molar-refractivity contribution < 1.29 is 4.79 Å². The summed E-state index contributed by atoms with van der Waals surface area (Å²) in [6, 6.07) is 0. The van der Waals surface area contributed by atoms with Crippen molar-refractivity contribution in [2.24, 2.45) is 17.8 Å². The Morgan fingerprint density at radius 3 is 2.50 bits per heavy atom. The minimum atomic E-state index is 0.356. The van der Waals surface area contributed by atoms with Crippen LogP contribution in [0.1, 0.15) is 46.5 Å². The second-order valence-corrected chi connectivity index (χ2v) is 4.54. The van der Waals surface area contributed by atoms with E-state index in [4.69, 9.17) is 0 Å². The Morgan fingerprint density at radius 2 is 1.92 bits per heavy atom. The van der Waals surface area contributed by atoms with Crippen LogP contribution in [-0.2, 0) is 4.79 Å². The second kappa shape index (κ2) is 4.06. The summed E-state index contributed by atoms with van der Waals surface area (Å²) in [7, 11) is 0. The van der Waals surface area contributed by atoms with Gasteiger partial charge in [0.15, 0.2) is 0 Å². The first-order chi connectivity index (χ1) is 5.61. The average Bonchev–Trinajstić information content (AvgIpc) is 2.14. The smallest absolute Gasteiger partial charge is 0.136 e. The van der Waals surface area contributed by atoms with Crippen molar-refractivity contribution in [3.63, 3.8) is 0 Å². The van der Waals surface area contributed by atoms with Crippen LogP contribution in [0.4, 0.5) is 0 Å². The molecular weight excluding hydrogens is 148 g/mol. The highest BCUT2D eigenvalue weighted by molar-refractivity contribution is 5.81. The summed E-state index contributed by atoms with van der Waals surface area (Å²) < 4.78 is 0. The van der Waals surface area contributed by atoms with E-state index in [2.05, 4.69) is 20.8 Å². The van der Waals surface area contributed by atoms with Crippen LogP contribution in [0.5, 0.6) is 0 Å². The van der Waals surface area contributed by atoms with Gasteiger partial charge in [0.1, 0.15) is 5.78 Å². The Kier molecular flexibility index (Phi) is 3.30. The highest BCUT2D eigenvalue weighted by atomic mass is 16.1. The fourth-order valence-electron chi connectivity index (χ4n) is 2.05. The van der Waals surface area contributed by atoms with Gasteiger partial charge in [-0.3, -0.25) is 4.79 Å². The van der Waals surface area contributed by atoms with Gasteiger partial charge in [0.05, 0.1) is 0 Å². The molecule has 1 unspecified atom stereocenters. The molecule has 0 amide bonds. The van der Waals surface area contributed by atoms with Gasteiger partial charge in [0, 0.05) is 12.3 Å². The first-order valence-electron chi connectivity index (χ1n) is 5.14. The summed E-state index contributed by atoms with van der Waals surface area (Å²) in [5.41, 5.74) is 0. The normalized spacial score (nSPS) is 32.2. The Labute approximate surface area is 75.5 Å². The van der Waals surface area contributed by atoms with Crippen molar-refractivity contribution in [2.45, 2.75) is 46.5 Å². The van der Waals surface area contributed by atoms with E-state index in [0.717, 1.165) is 25.2 Å². The molecule has 1 rings (SSSR count). The maximum absolute atomic E-state index is 11.6. The van der Waals surface area contributed by atoms with Gasteiger partial charge in [-0.05, 0) is 31.1 Å². The summed E-state index contributed by atoms with van der Waals surface area (Å²) in [5.74, 6) is 2.17. The molecule has 0 aromatic heterocycles. The van der Waals surface area contributed by atoms with Gasteiger partial charge in [0.25, 0.3) is 0 Å². The molecule has 0 aromatic carbocycles. The Hall–Kier alpha value is -0.330. The molecule has 1 aliphatic rings. The minimum absolute atomic E-state index is 0.356. The van der Waals surface area contributed by atoms with Crippen LogP contribution in [0.3, 0.4) is 0 Å². The third-order valence-electron chi connectivity index (χ3n) is 3.07. The van der Waals surface area contributed by atoms with E-state index in [1.807, 2.05) is 0 Å². The van der Waals surface area contributed by atoms with Crippen molar-refractivity contribution in [2.75, 3.05) is 0 Å². The van der Waals surface area contributed by atoms with Gasteiger partial charge in [-0.1, -0.05) is 20.8 Å². The molecule has 0 spiro atoms. The average molecular weight is 168 g/mol. The quantitative estimate of drug-likeness (QED) is 0.550. The molecule has 0 aromatic rings. The molecule has 1 heteroatoms. The number of carbonyl (C=O) groups excluding carboxylic acids is 1. The molecule has 0 heterocycles. The van der Waals surface area contributed by atoms with Gasteiger partial charge < -0.3 is 0 Å². The van der Waals surface area contributed by atoms with Crippen LogP contribution in [0.2, 0.25) is 0 Å². The van der Waals surface area contributed by atoms with E-state index >= 15 is 0 Å². The summed E-state index contributed by atoms with van der Waals surface area (Å²) in [4.78, 5) is 11.6. The largest absolute Gasteiger partial charge is 0.299 e. The predicted octanol–water partition coefficient (Wildman–Crippen LogP) is 3.04. The van der Waals surface area contributed by atoms with Crippen molar-refractivity contribution in [3.8, 4) is 0 Å². The third kappa shape index (κ3) is 2.33. The molecule has 1 fully saturated rings. The molecule has 0 aliphatic heterocycles. The number of carbonyl (C=O) groups is 1. The third-order valence-corrected chi connectivity index (χ3v) is 3.07. The van der Waals surface area contributed by atoms with Crippen molar-refractivity contribution in [3.05, 3.63) is 0 Å². The first-order valence-corrected chi connectivity index (χ1v) is 5.14. The molecule has 12 heavy (non-hydrogen) atoms. The van der Waals surface area contributed by atoms with E-state index in [-0.39, 0.29) is 0 Å². The van der Waals surface area contributed by atoms with Crippen LogP contribution in [0.15, 0.2) is 0 Å². The maximum Gasteiger partial charge on any atom is 0.136 e. The van der Waals surface area contributed by atoms with Gasteiger partial charge in [-0.15, -0.1) is 0 Å². The predicted molar refractivity (Wildman–Crippen MR) is 51.0 cm³/mol. The first kappa shape index (κ1) is 9.76. The Morgan fingerprint density at radius 1 is 1.25 bits per heavy atom. The number of hydrogen-bond donors (Lipinski definition) is 0. The van der Waals surface area contributed by atoms with Crippen molar-refractivity contribution in [1.82, 2.24) is 0 Å². The summed E-state index contributed by atoms with van der Waals surface area (Å²) in [6.07, 6.45) is 4.30. The van der Waals surface area contributed by atoms with Crippen LogP contribution < -0.4 is 0 Å². The van der Waals surface area contributed by atoms with E-state index < -0.39 is 0 Å². The van der Waals surface area contributed by atoms with Crippen molar-refractivity contribution >= 4 is 5.78 Å². The topological polar surface area (TPSA) is 17.1 Å². The molecule has 0 N–H and O–H groups in total. The van der Waals surface area contributed by atoms with Gasteiger partial charge in [-0.25, -0.2) is 0 Å². The molecule has 1 aliphatic carbocycles. The fourth-order valence-corrected chi connectivity index (χ4v) is 2.05. The highest BCUT2D eigenvalue weighted by Crippen LogP contribution is 2.28. The zero-order valence-corrected chi connectivity index (χ0v) is 8.47. The Balaban J connectivity index is 2.56. The van der Waals surface area contributed by atoms with Crippen LogP contribution in [0, 0.1) is 17.8 Å². The summed E-state index contributed by atoms with van der Waals surface area (Å²) in [5, 5.41) is 0. The summed E-state index contributed by atoms with van der Waals surface area (Å²) >= 11 is 0. The fraction of sp³-hybridized carbons (Fsp3) is 0.909. The molecule has 1 nitrogen and oxygen atoms in total. The van der Waals surface area contributed by atoms with E-state index in [1.54, 1.807) is 0 Å².